The number of rotatable bonds is 10. The van der Waals surface area contributed by atoms with Gasteiger partial charge in [0.25, 0.3) is 0 Å². The highest BCUT2D eigenvalue weighted by atomic mass is 35.5. The molecular formula is C24H33ClO7. The van der Waals surface area contributed by atoms with Crippen molar-refractivity contribution in [1.29, 1.82) is 0 Å². The molecule has 2 N–H and O–H groups in total. The molecule has 32 heavy (non-hydrogen) atoms. The molecule has 7 nitrogen and oxygen atoms in total. The summed E-state index contributed by atoms with van der Waals surface area (Å²) in [6.07, 6.45) is 7.64. The highest BCUT2D eigenvalue weighted by molar-refractivity contribution is 6.34. The van der Waals surface area contributed by atoms with Gasteiger partial charge in [-0.3, -0.25) is 0 Å². The smallest absolute Gasteiger partial charge is 0.340 e. The lowest BCUT2D eigenvalue weighted by molar-refractivity contribution is -0.148. The molecule has 2 rings (SSSR count). The van der Waals surface area contributed by atoms with Crippen LogP contribution in [0.4, 0.5) is 0 Å². The molecule has 0 radical (unpaired) electrons. The maximum atomic E-state index is 11.9. The third-order valence-corrected chi connectivity index (χ3v) is 5.58. The van der Waals surface area contributed by atoms with E-state index in [1.807, 2.05) is 39.0 Å². The highest BCUT2D eigenvalue weighted by Gasteiger charge is 2.42. The molecule has 1 fully saturated rings. The molecule has 0 saturated carbocycles. The van der Waals surface area contributed by atoms with Crippen LogP contribution < -0.4 is 9.47 Å². The highest BCUT2D eigenvalue weighted by Crippen LogP contribution is 2.39. The van der Waals surface area contributed by atoms with E-state index in [0.29, 0.717) is 24.2 Å². The largest absolute Gasteiger partial charge is 0.496 e. The summed E-state index contributed by atoms with van der Waals surface area (Å²) in [5.74, 6) is -1.34. The lowest BCUT2D eigenvalue weighted by Crippen LogP contribution is -2.28. The predicted octanol–water partition coefficient (Wildman–Crippen LogP) is 4.94. The first-order valence-corrected chi connectivity index (χ1v) is 10.9. The number of aromatic carboxylic acids is 1. The maximum Gasteiger partial charge on any atom is 0.340 e. The van der Waals surface area contributed by atoms with Crippen molar-refractivity contribution < 1.29 is 34.0 Å². The van der Waals surface area contributed by atoms with Crippen molar-refractivity contribution in [2.24, 2.45) is 5.92 Å². The first-order valence-electron chi connectivity index (χ1n) is 10.5. The number of benzene rings is 1. The SMILES string of the molecule is COc1cc(OC)c(C(=O)O)c(/C=C/C[C@H]2OC(C)(C)O[C@@H]2C(C)/C=C\C[C@@H](C)O)c1Cl. The Hall–Kier alpha value is -2.06. The van der Waals surface area contributed by atoms with Crippen LogP contribution >= 0.6 is 11.6 Å². The van der Waals surface area contributed by atoms with Gasteiger partial charge in [-0.15, -0.1) is 0 Å². The second kappa shape index (κ2) is 11.2. The minimum absolute atomic E-state index is 0.0376. The molecule has 1 heterocycles. The minimum Gasteiger partial charge on any atom is -0.496 e. The van der Waals surface area contributed by atoms with Crippen molar-refractivity contribution in [2.45, 2.75) is 64.6 Å². The van der Waals surface area contributed by atoms with Gasteiger partial charge in [-0.2, -0.15) is 0 Å². The number of carboxylic acid groups (broad SMARTS) is 1. The van der Waals surface area contributed by atoms with Gasteiger partial charge < -0.3 is 29.2 Å². The molecule has 8 heteroatoms. The van der Waals surface area contributed by atoms with Crippen molar-refractivity contribution in [3.63, 3.8) is 0 Å². The Kier molecular flexibility index (Phi) is 9.16. The quantitative estimate of drug-likeness (QED) is 0.469. The van der Waals surface area contributed by atoms with E-state index in [1.165, 1.54) is 20.3 Å². The lowest BCUT2D eigenvalue weighted by atomic mass is 9.96. The van der Waals surface area contributed by atoms with Crippen LogP contribution in [0.5, 0.6) is 11.5 Å². The number of methoxy groups -OCH3 is 2. The van der Waals surface area contributed by atoms with E-state index in [-0.39, 0.29) is 34.5 Å². The average molecular weight is 469 g/mol. The number of hydrogen-bond acceptors (Lipinski definition) is 6. The van der Waals surface area contributed by atoms with Gasteiger partial charge >= 0.3 is 5.97 Å². The number of carbonyl (C=O) groups is 1. The first-order chi connectivity index (χ1) is 15.0. The number of hydrogen-bond donors (Lipinski definition) is 2. The van der Waals surface area contributed by atoms with E-state index in [9.17, 15) is 15.0 Å². The van der Waals surface area contributed by atoms with E-state index in [1.54, 1.807) is 13.0 Å². The Morgan fingerprint density at radius 3 is 2.44 bits per heavy atom. The number of carboxylic acids is 1. The third-order valence-electron chi connectivity index (χ3n) is 5.19. The Morgan fingerprint density at radius 1 is 1.22 bits per heavy atom. The Labute approximate surface area is 194 Å². The van der Waals surface area contributed by atoms with Crippen LogP contribution in [-0.4, -0.2) is 54.5 Å². The van der Waals surface area contributed by atoms with Gasteiger partial charge in [-0.1, -0.05) is 42.8 Å². The van der Waals surface area contributed by atoms with Crippen LogP contribution in [0.1, 0.15) is 56.5 Å². The summed E-state index contributed by atoms with van der Waals surface area (Å²) in [6, 6.07) is 1.46. The molecule has 1 unspecified atom stereocenters. The maximum absolute atomic E-state index is 11.9. The van der Waals surface area contributed by atoms with Gasteiger partial charge in [0.2, 0.25) is 0 Å². The number of ether oxygens (including phenoxy) is 4. The second-order valence-corrected chi connectivity index (χ2v) is 8.72. The molecule has 0 bridgehead atoms. The van der Waals surface area contributed by atoms with E-state index in [0.717, 1.165) is 0 Å². The molecule has 1 aromatic rings. The van der Waals surface area contributed by atoms with Gasteiger partial charge in [0.15, 0.2) is 5.79 Å². The minimum atomic E-state index is -1.15. The molecule has 4 atom stereocenters. The molecule has 1 aromatic carbocycles. The van der Waals surface area contributed by atoms with E-state index in [4.69, 9.17) is 30.5 Å². The van der Waals surface area contributed by atoms with E-state index in [2.05, 4.69) is 0 Å². The van der Waals surface area contributed by atoms with Crippen molar-refractivity contribution in [2.75, 3.05) is 14.2 Å². The molecule has 0 aliphatic carbocycles. The Bertz CT molecular complexity index is 860. The summed E-state index contributed by atoms with van der Waals surface area (Å²) in [6.45, 7) is 7.51. The predicted molar refractivity (Wildman–Crippen MR) is 124 cm³/mol. The summed E-state index contributed by atoms with van der Waals surface area (Å²) in [7, 11) is 2.85. The monoisotopic (exact) mass is 468 g/mol. The normalized spacial score (nSPS) is 22.4. The Balaban J connectivity index is 2.28. The van der Waals surface area contributed by atoms with Crippen LogP contribution in [0, 0.1) is 5.92 Å². The molecule has 1 saturated heterocycles. The summed E-state index contributed by atoms with van der Waals surface area (Å²) in [5.41, 5.74) is 0.263. The zero-order valence-corrected chi connectivity index (χ0v) is 20.2. The van der Waals surface area contributed by atoms with Crippen LogP contribution in [0.15, 0.2) is 24.3 Å². The number of aliphatic hydroxyl groups excluding tert-OH is 1. The number of aliphatic hydroxyl groups is 1. The van der Waals surface area contributed by atoms with E-state index >= 15 is 0 Å². The second-order valence-electron chi connectivity index (χ2n) is 8.34. The lowest BCUT2D eigenvalue weighted by Gasteiger charge is -2.20. The topological polar surface area (TPSA) is 94.5 Å². The molecule has 178 valence electrons. The summed E-state index contributed by atoms with van der Waals surface area (Å²) >= 11 is 6.41. The molecule has 1 aliphatic heterocycles. The van der Waals surface area contributed by atoms with Crippen molar-refractivity contribution in [3.05, 3.63) is 40.4 Å². The molecule has 0 aromatic heterocycles. The first kappa shape index (κ1) is 26.2. The average Bonchev–Trinajstić information content (AvgIpc) is 3.02. The standard InChI is InChI=1S/C24H33ClO7/c1-14(9-7-10-15(2)26)22-17(31-24(3,4)32-22)12-8-11-16-20(23(27)28)18(29-5)13-19(30-6)21(16)25/h7-9,11,13-15,17,22,26H,10,12H2,1-6H3,(H,27,28)/b9-7-,11-8+/t14?,15-,17-,22-/m1/s1. The van der Waals surface area contributed by atoms with Crippen LogP contribution in [0.2, 0.25) is 5.02 Å². The zero-order valence-electron chi connectivity index (χ0n) is 19.4. The third kappa shape index (κ3) is 6.48. The fourth-order valence-corrected chi connectivity index (χ4v) is 4.02. The summed E-state index contributed by atoms with van der Waals surface area (Å²) in [4.78, 5) is 11.9. The van der Waals surface area contributed by atoms with Gasteiger partial charge in [-0.25, -0.2) is 4.79 Å². The summed E-state index contributed by atoms with van der Waals surface area (Å²) < 4.78 is 22.7. The fourth-order valence-electron chi connectivity index (χ4n) is 3.73. The van der Waals surface area contributed by atoms with E-state index < -0.39 is 17.9 Å². The van der Waals surface area contributed by atoms with Gasteiger partial charge in [0.05, 0.1) is 37.6 Å². The van der Waals surface area contributed by atoms with Crippen molar-refractivity contribution in [1.82, 2.24) is 0 Å². The van der Waals surface area contributed by atoms with Gasteiger partial charge in [0.1, 0.15) is 17.1 Å². The summed E-state index contributed by atoms with van der Waals surface area (Å²) in [5, 5.41) is 19.4. The molecule has 1 aliphatic rings. The number of halogens is 1. The molecular weight excluding hydrogens is 436 g/mol. The van der Waals surface area contributed by atoms with Gasteiger partial charge in [0, 0.05) is 17.5 Å². The fraction of sp³-hybridized carbons (Fsp3) is 0.542. The molecule has 0 amide bonds. The van der Waals surface area contributed by atoms with Crippen LogP contribution in [0.25, 0.3) is 6.08 Å². The van der Waals surface area contributed by atoms with Crippen LogP contribution in [-0.2, 0) is 9.47 Å². The Morgan fingerprint density at radius 2 is 1.88 bits per heavy atom. The molecule has 0 spiro atoms. The zero-order chi connectivity index (χ0) is 24.1. The van der Waals surface area contributed by atoms with Gasteiger partial charge in [-0.05, 0) is 33.6 Å². The van der Waals surface area contributed by atoms with Crippen molar-refractivity contribution in [3.8, 4) is 11.5 Å². The van der Waals surface area contributed by atoms with Crippen molar-refractivity contribution >= 4 is 23.6 Å². The van der Waals surface area contributed by atoms with Crippen LogP contribution in [0.3, 0.4) is 0 Å².